The van der Waals surface area contributed by atoms with Crippen molar-refractivity contribution < 1.29 is 0 Å². The first-order valence-corrected chi connectivity index (χ1v) is 7.76. The summed E-state index contributed by atoms with van der Waals surface area (Å²) >= 11 is 5.99. The van der Waals surface area contributed by atoms with Crippen molar-refractivity contribution in [2.45, 2.75) is 37.9 Å². The highest BCUT2D eigenvalue weighted by atomic mass is 35.5. The van der Waals surface area contributed by atoms with Gasteiger partial charge in [-0.2, -0.15) is 0 Å². The summed E-state index contributed by atoms with van der Waals surface area (Å²) in [4.78, 5) is 7.24. The molecule has 1 atom stereocenters. The highest BCUT2D eigenvalue weighted by Gasteiger charge is 2.34. The summed E-state index contributed by atoms with van der Waals surface area (Å²) in [5, 5.41) is 4.38. The molecule has 1 aliphatic heterocycles. The fourth-order valence-corrected chi connectivity index (χ4v) is 3.24. The summed E-state index contributed by atoms with van der Waals surface area (Å²) in [5.74, 6) is 0. The quantitative estimate of drug-likeness (QED) is 0.938. The molecule has 3 heterocycles. The van der Waals surface area contributed by atoms with E-state index in [0.29, 0.717) is 6.04 Å². The highest BCUT2D eigenvalue weighted by Crippen LogP contribution is 2.29. The van der Waals surface area contributed by atoms with Gasteiger partial charge in [0.15, 0.2) is 0 Å². The van der Waals surface area contributed by atoms with E-state index in [1.165, 1.54) is 32.4 Å². The molecule has 0 bridgehead atoms. The fraction of sp³-hybridized carbons (Fsp3) is 0.533. The Labute approximate surface area is 123 Å². The lowest BCUT2D eigenvalue weighted by Gasteiger charge is -2.15. The predicted octanol–water partition coefficient (Wildman–Crippen LogP) is 2.31. The van der Waals surface area contributed by atoms with E-state index >= 15 is 0 Å². The van der Waals surface area contributed by atoms with Crippen LogP contribution in [0.5, 0.6) is 0 Å². The van der Waals surface area contributed by atoms with Crippen LogP contribution in [-0.4, -0.2) is 39.5 Å². The van der Waals surface area contributed by atoms with Crippen molar-refractivity contribution in [1.29, 1.82) is 0 Å². The van der Waals surface area contributed by atoms with E-state index in [0.717, 1.165) is 29.0 Å². The van der Waals surface area contributed by atoms with Gasteiger partial charge in [-0.05, 0) is 31.4 Å². The van der Waals surface area contributed by atoms with Crippen LogP contribution in [0.2, 0.25) is 5.02 Å². The Kier molecular flexibility index (Phi) is 3.17. The average molecular weight is 291 g/mol. The van der Waals surface area contributed by atoms with Crippen LogP contribution in [0.15, 0.2) is 24.5 Å². The maximum atomic E-state index is 5.99. The molecule has 2 aliphatic rings. The van der Waals surface area contributed by atoms with Gasteiger partial charge in [0.2, 0.25) is 0 Å². The van der Waals surface area contributed by atoms with E-state index in [1.54, 1.807) is 0 Å². The van der Waals surface area contributed by atoms with Gasteiger partial charge >= 0.3 is 0 Å². The smallest absolute Gasteiger partial charge is 0.137 e. The zero-order chi connectivity index (χ0) is 13.5. The second-order valence-corrected chi connectivity index (χ2v) is 6.37. The molecule has 4 nitrogen and oxygen atoms in total. The van der Waals surface area contributed by atoms with Crippen molar-refractivity contribution in [2.75, 3.05) is 13.1 Å². The molecule has 5 heteroatoms. The van der Waals surface area contributed by atoms with Gasteiger partial charge in [-0.15, -0.1) is 0 Å². The third-order valence-electron chi connectivity index (χ3n) is 4.32. The summed E-state index contributed by atoms with van der Waals surface area (Å²) in [7, 11) is 0. The standard InChI is InChI=1S/C15H19ClN4/c16-11-1-4-15-18-13(10-20(15)8-11)7-17-12-5-6-19(9-12)14-2-3-14/h1,4,8,10,12,14,17H,2-3,5-7,9H2. The molecular formula is C15H19ClN4. The number of pyridine rings is 1. The molecule has 106 valence electrons. The Morgan fingerprint density at radius 2 is 2.15 bits per heavy atom. The molecule has 2 fully saturated rings. The zero-order valence-corrected chi connectivity index (χ0v) is 12.2. The molecule has 1 saturated carbocycles. The van der Waals surface area contributed by atoms with Gasteiger partial charge < -0.3 is 9.72 Å². The van der Waals surface area contributed by atoms with Crippen molar-refractivity contribution in [3.05, 3.63) is 35.2 Å². The van der Waals surface area contributed by atoms with Crippen LogP contribution in [0, 0.1) is 0 Å². The number of aromatic nitrogens is 2. The van der Waals surface area contributed by atoms with Crippen LogP contribution >= 0.6 is 11.6 Å². The number of likely N-dealkylation sites (tertiary alicyclic amines) is 1. The molecule has 0 spiro atoms. The minimum Gasteiger partial charge on any atom is -0.307 e. The molecule has 1 unspecified atom stereocenters. The van der Waals surface area contributed by atoms with E-state index in [4.69, 9.17) is 11.6 Å². The second-order valence-electron chi connectivity index (χ2n) is 5.94. The van der Waals surface area contributed by atoms with Gasteiger partial charge in [-0.25, -0.2) is 4.98 Å². The summed E-state index contributed by atoms with van der Waals surface area (Å²) < 4.78 is 1.99. The molecule has 4 rings (SSSR count). The van der Waals surface area contributed by atoms with Crippen LogP contribution < -0.4 is 5.32 Å². The molecule has 0 amide bonds. The van der Waals surface area contributed by atoms with E-state index in [1.807, 2.05) is 22.7 Å². The average Bonchev–Trinajstić information content (AvgIpc) is 3.04. The number of nitrogens with zero attached hydrogens (tertiary/aromatic N) is 3. The van der Waals surface area contributed by atoms with Crippen LogP contribution in [-0.2, 0) is 6.54 Å². The Bertz CT molecular complexity index is 619. The number of imidazole rings is 1. The normalized spacial score (nSPS) is 23.8. The Morgan fingerprint density at radius 3 is 3.00 bits per heavy atom. The Morgan fingerprint density at radius 1 is 1.25 bits per heavy atom. The third kappa shape index (κ3) is 2.55. The van der Waals surface area contributed by atoms with Crippen LogP contribution in [0.3, 0.4) is 0 Å². The topological polar surface area (TPSA) is 32.6 Å². The minimum absolute atomic E-state index is 0.615. The highest BCUT2D eigenvalue weighted by molar-refractivity contribution is 6.30. The lowest BCUT2D eigenvalue weighted by molar-refractivity contribution is 0.317. The molecule has 20 heavy (non-hydrogen) atoms. The Hall–Kier alpha value is -1.10. The number of fused-ring (bicyclic) bond motifs is 1. The van der Waals surface area contributed by atoms with Crippen LogP contribution in [0.1, 0.15) is 25.0 Å². The maximum absolute atomic E-state index is 5.99. The number of nitrogens with one attached hydrogen (secondary N) is 1. The molecule has 0 aromatic carbocycles. The van der Waals surface area contributed by atoms with Crippen molar-refractivity contribution >= 4 is 17.2 Å². The maximum Gasteiger partial charge on any atom is 0.137 e. The molecule has 2 aromatic heterocycles. The monoisotopic (exact) mass is 290 g/mol. The van der Waals surface area contributed by atoms with E-state index in [-0.39, 0.29) is 0 Å². The van der Waals surface area contributed by atoms with Gasteiger partial charge in [0.25, 0.3) is 0 Å². The summed E-state index contributed by atoms with van der Waals surface area (Å²) in [6, 6.07) is 5.34. The van der Waals surface area contributed by atoms with Crippen molar-refractivity contribution in [3.8, 4) is 0 Å². The number of hydrogen-bond acceptors (Lipinski definition) is 3. The predicted molar refractivity (Wildman–Crippen MR) is 80.0 cm³/mol. The first-order valence-electron chi connectivity index (χ1n) is 7.38. The molecule has 1 N–H and O–H groups in total. The second kappa shape index (κ2) is 5.02. The largest absolute Gasteiger partial charge is 0.307 e. The lowest BCUT2D eigenvalue weighted by atomic mass is 10.2. The first-order chi connectivity index (χ1) is 9.78. The van der Waals surface area contributed by atoms with E-state index < -0.39 is 0 Å². The molecule has 1 aliphatic carbocycles. The molecule has 2 aromatic rings. The summed E-state index contributed by atoms with van der Waals surface area (Å²) in [6.45, 7) is 3.29. The van der Waals surface area contributed by atoms with Gasteiger partial charge in [-0.1, -0.05) is 11.6 Å². The van der Waals surface area contributed by atoms with Gasteiger partial charge in [0.1, 0.15) is 5.65 Å². The van der Waals surface area contributed by atoms with Crippen molar-refractivity contribution in [3.63, 3.8) is 0 Å². The number of hydrogen-bond donors (Lipinski definition) is 1. The first kappa shape index (κ1) is 12.6. The van der Waals surface area contributed by atoms with E-state index in [2.05, 4.69) is 21.4 Å². The van der Waals surface area contributed by atoms with Crippen LogP contribution in [0.4, 0.5) is 0 Å². The zero-order valence-electron chi connectivity index (χ0n) is 11.4. The SMILES string of the molecule is Clc1ccc2nc(CNC3CCN(C4CC4)C3)cn2c1. The molecule has 0 radical (unpaired) electrons. The Balaban J connectivity index is 1.38. The lowest BCUT2D eigenvalue weighted by Crippen LogP contribution is -2.32. The van der Waals surface area contributed by atoms with E-state index in [9.17, 15) is 0 Å². The number of halogens is 1. The fourth-order valence-electron chi connectivity index (χ4n) is 3.08. The van der Waals surface area contributed by atoms with Crippen molar-refractivity contribution in [1.82, 2.24) is 19.6 Å². The van der Waals surface area contributed by atoms with Gasteiger partial charge in [0, 0.05) is 44.1 Å². The molecular weight excluding hydrogens is 272 g/mol. The number of rotatable bonds is 4. The van der Waals surface area contributed by atoms with Gasteiger partial charge in [-0.3, -0.25) is 4.90 Å². The minimum atomic E-state index is 0.615. The summed E-state index contributed by atoms with van der Waals surface area (Å²) in [6.07, 6.45) is 8.02. The third-order valence-corrected chi connectivity index (χ3v) is 4.54. The van der Waals surface area contributed by atoms with Gasteiger partial charge in [0.05, 0.1) is 10.7 Å². The summed E-state index contributed by atoms with van der Waals surface area (Å²) in [5.41, 5.74) is 2.04. The van der Waals surface area contributed by atoms with Crippen LogP contribution in [0.25, 0.3) is 5.65 Å². The molecule has 1 saturated heterocycles. The van der Waals surface area contributed by atoms with Crippen molar-refractivity contribution in [2.24, 2.45) is 0 Å².